The van der Waals surface area contributed by atoms with E-state index in [2.05, 4.69) is 20.3 Å². The van der Waals surface area contributed by atoms with Gasteiger partial charge in [-0.15, -0.1) is 0 Å². The van der Waals surface area contributed by atoms with Gasteiger partial charge in [-0.2, -0.15) is 0 Å². The fourth-order valence-corrected chi connectivity index (χ4v) is 4.20. The predicted octanol–water partition coefficient (Wildman–Crippen LogP) is 4.45. The molecular formula is C24H22N6O. The summed E-state index contributed by atoms with van der Waals surface area (Å²) in [7, 11) is 0. The van der Waals surface area contributed by atoms with Crippen molar-refractivity contribution in [1.29, 1.82) is 0 Å². The van der Waals surface area contributed by atoms with E-state index in [1.54, 1.807) is 24.8 Å². The van der Waals surface area contributed by atoms with E-state index < -0.39 is 0 Å². The number of rotatable bonds is 4. The van der Waals surface area contributed by atoms with Crippen LogP contribution in [0.15, 0.2) is 67.3 Å². The number of benzene rings is 1. The number of para-hydroxylation sites is 1. The number of anilines is 2. The molecule has 7 heteroatoms. The highest BCUT2D eigenvalue weighted by Gasteiger charge is 2.32. The topological polar surface area (TPSA) is 83.9 Å². The first-order valence-electron chi connectivity index (χ1n) is 10.4. The Balaban J connectivity index is 1.47. The Morgan fingerprint density at radius 3 is 2.87 bits per heavy atom. The zero-order chi connectivity index (χ0) is 21.2. The lowest BCUT2D eigenvalue weighted by Gasteiger charge is -2.25. The van der Waals surface area contributed by atoms with E-state index in [0.29, 0.717) is 17.9 Å². The van der Waals surface area contributed by atoms with Gasteiger partial charge in [-0.25, -0.2) is 4.98 Å². The molecule has 154 valence electrons. The monoisotopic (exact) mass is 410 g/mol. The number of pyridine rings is 2. The highest BCUT2D eigenvalue weighted by molar-refractivity contribution is 6.05. The second-order valence-corrected chi connectivity index (χ2v) is 7.67. The lowest BCUT2D eigenvalue weighted by atomic mass is 10.1. The first kappa shape index (κ1) is 19.1. The molecule has 1 amide bonds. The van der Waals surface area contributed by atoms with Gasteiger partial charge in [0.1, 0.15) is 5.82 Å². The van der Waals surface area contributed by atoms with E-state index in [9.17, 15) is 4.79 Å². The Bertz CT molecular complexity index is 1240. The van der Waals surface area contributed by atoms with Crippen LogP contribution in [-0.4, -0.2) is 37.3 Å². The summed E-state index contributed by atoms with van der Waals surface area (Å²) in [4.78, 5) is 33.1. The molecule has 1 atom stereocenters. The van der Waals surface area contributed by atoms with Crippen LogP contribution >= 0.6 is 0 Å². The van der Waals surface area contributed by atoms with Gasteiger partial charge in [-0.3, -0.25) is 19.7 Å². The number of hydrogen-bond acceptors (Lipinski definition) is 6. The third kappa shape index (κ3) is 3.82. The molecular weight excluding hydrogens is 388 g/mol. The quantitative estimate of drug-likeness (QED) is 0.535. The molecule has 1 aliphatic heterocycles. The third-order valence-electron chi connectivity index (χ3n) is 5.53. The molecule has 0 spiro atoms. The van der Waals surface area contributed by atoms with Crippen LogP contribution in [0.5, 0.6) is 0 Å². The summed E-state index contributed by atoms with van der Waals surface area (Å²) in [5.74, 6) is 0.666. The number of fused-ring (bicyclic) bond motifs is 1. The number of amides is 1. The highest BCUT2D eigenvalue weighted by atomic mass is 16.2. The smallest absolute Gasteiger partial charge is 0.256 e. The number of hydrogen-bond donors (Lipinski definition) is 1. The number of aromatic nitrogens is 4. The molecule has 5 rings (SSSR count). The molecule has 0 unspecified atom stereocenters. The van der Waals surface area contributed by atoms with E-state index in [1.165, 1.54) is 0 Å². The molecule has 0 bridgehead atoms. The van der Waals surface area contributed by atoms with Gasteiger partial charge >= 0.3 is 0 Å². The lowest BCUT2D eigenvalue weighted by Crippen LogP contribution is -2.31. The van der Waals surface area contributed by atoms with Gasteiger partial charge in [0.2, 0.25) is 0 Å². The van der Waals surface area contributed by atoms with Crippen molar-refractivity contribution in [2.75, 3.05) is 11.9 Å². The van der Waals surface area contributed by atoms with E-state index in [1.807, 2.05) is 54.3 Å². The standard InChI is InChI=1S/C24H22N6O/c1-16-13-18(29-22-15-25-10-11-26-22)14-20(28-16)21-8-4-12-30(21)24(31)19-7-2-5-17-6-3-9-27-23(17)19/h2-3,5-7,9-11,13-15,21H,4,8,12H2,1H3,(H,26,28,29)/t21-/m0/s1. The summed E-state index contributed by atoms with van der Waals surface area (Å²) in [6.07, 6.45) is 8.51. The number of aryl methyl sites for hydroxylation is 1. The molecule has 1 N–H and O–H groups in total. The maximum absolute atomic E-state index is 13.5. The first-order valence-corrected chi connectivity index (χ1v) is 10.4. The molecule has 1 saturated heterocycles. The predicted molar refractivity (Wildman–Crippen MR) is 119 cm³/mol. The molecule has 3 aromatic heterocycles. The van der Waals surface area contributed by atoms with Crippen LogP contribution in [0.2, 0.25) is 0 Å². The van der Waals surface area contributed by atoms with Gasteiger partial charge in [0.15, 0.2) is 0 Å². The van der Waals surface area contributed by atoms with Gasteiger partial charge < -0.3 is 10.2 Å². The van der Waals surface area contributed by atoms with Crippen molar-refractivity contribution < 1.29 is 4.79 Å². The molecule has 0 radical (unpaired) electrons. The van der Waals surface area contributed by atoms with Crippen LogP contribution in [0.4, 0.5) is 11.5 Å². The molecule has 1 aromatic carbocycles. The van der Waals surface area contributed by atoms with Gasteiger partial charge in [0.05, 0.1) is 29.0 Å². The summed E-state index contributed by atoms with van der Waals surface area (Å²) in [6.45, 7) is 2.66. The van der Waals surface area contributed by atoms with Crippen molar-refractivity contribution in [3.63, 3.8) is 0 Å². The molecule has 4 heterocycles. The summed E-state index contributed by atoms with van der Waals surface area (Å²) < 4.78 is 0. The minimum absolute atomic E-state index is 0.00135. The molecule has 0 saturated carbocycles. The molecule has 7 nitrogen and oxygen atoms in total. The van der Waals surface area contributed by atoms with Crippen LogP contribution in [0, 0.1) is 6.92 Å². The Morgan fingerprint density at radius 2 is 2.00 bits per heavy atom. The average molecular weight is 410 g/mol. The lowest BCUT2D eigenvalue weighted by molar-refractivity contribution is 0.0734. The normalized spacial score (nSPS) is 15.9. The van der Waals surface area contributed by atoms with Gasteiger partial charge in [0, 0.05) is 41.9 Å². The van der Waals surface area contributed by atoms with Crippen LogP contribution in [0.3, 0.4) is 0 Å². The van der Waals surface area contributed by atoms with Crippen molar-refractivity contribution in [1.82, 2.24) is 24.8 Å². The van der Waals surface area contributed by atoms with E-state index in [-0.39, 0.29) is 11.9 Å². The summed E-state index contributed by atoms with van der Waals surface area (Å²) in [6, 6.07) is 13.5. The number of likely N-dealkylation sites (tertiary alicyclic amines) is 1. The first-order chi connectivity index (χ1) is 15.2. The third-order valence-corrected chi connectivity index (χ3v) is 5.53. The number of carbonyl (C=O) groups excluding carboxylic acids is 1. The summed E-state index contributed by atoms with van der Waals surface area (Å²) in [5.41, 5.74) is 4.02. The molecule has 31 heavy (non-hydrogen) atoms. The van der Waals surface area contributed by atoms with Gasteiger partial charge in [-0.1, -0.05) is 18.2 Å². The van der Waals surface area contributed by atoms with Crippen molar-refractivity contribution in [3.05, 3.63) is 84.2 Å². The molecule has 4 aromatic rings. The minimum Gasteiger partial charge on any atom is -0.339 e. The zero-order valence-electron chi connectivity index (χ0n) is 17.2. The van der Waals surface area contributed by atoms with Crippen LogP contribution < -0.4 is 5.32 Å². The highest BCUT2D eigenvalue weighted by Crippen LogP contribution is 2.34. The van der Waals surface area contributed by atoms with Gasteiger partial charge in [0.25, 0.3) is 5.91 Å². The van der Waals surface area contributed by atoms with Crippen molar-refractivity contribution >= 4 is 28.3 Å². The van der Waals surface area contributed by atoms with Crippen molar-refractivity contribution in [3.8, 4) is 0 Å². The van der Waals surface area contributed by atoms with Crippen LogP contribution in [-0.2, 0) is 0 Å². The Labute approximate surface area is 180 Å². The van der Waals surface area contributed by atoms with E-state index in [4.69, 9.17) is 4.98 Å². The number of nitrogens with one attached hydrogen (secondary N) is 1. The maximum atomic E-state index is 13.5. The number of carbonyl (C=O) groups is 1. The van der Waals surface area contributed by atoms with E-state index >= 15 is 0 Å². The average Bonchev–Trinajstić information content (AvgIpc) is 3.29. The van der Waals surface area contributed by atoms with Crippen molar-refractivity contribution in [2.45, 2.75) is 25.8 Å². The Kier molecular flexibility index (Phi) is 5.00. The summed E-state index contributed by atoms with van der Waals surface area (Å²) in [5, 5.41) is 4.25. The SMILES string of the molecule is Cc1cc(Nc2cnccn2)cc([C@@H]2CCCN2C(=O)c2cccc3cccnc23)n1. The van der Waals surface area contributed by atoms with Gasteiger partial charge in [-0.05, 0) is 44.0 Å². The molecule has 1 aliphatic rings. The fraction of sp³-hybridized carbons (Fsp3) is 0.208. The van der Waals surface area contributed by atoms with Crippen LogP contribution in [0.25, 0.3) is 10.9 Å². The Morgan fingerprint density at radius 1 is 1.10 bits per heavy atom. The fourth-order valence-electron chi connectivity index (χ4n) is 4.20. The molecule has 0 aliphatic carbocycles. The van der Waals surface area contributed by atoms with Crippen molar-refractivity contribution in [2.24, 2.45) is 0 Å². The second kappa shape index (κ2) is 8.10. The zero-order valence-corrected chi connectivity index (χ0v) is 17.2. The maximum Gasteiger partial charge on any atom is 0.256 e. The second-order valence-electron chi connectivity index (χ2n) is 7.67. The minimum atomic E-state index is -0.0752. The Hall–Kier alpha value is -3.87. The summed E-state index contributed by atoms with van der Waals surface area (Å²) >= 11 is 0. The molecule has 1 fully saturated rings. The number of nitrogens with zero attached hydrogens (tertiary/aromatic N) is 5. The van der Waals surface area contributed by atoms with E-state index in [0.717, 1.165) is 40.8 Å². The largest absolute Gasteiger partial charge is 0.339 e. The van der Waals surface area contributed by atoms with Crippen LogP contribution in [0.1, 0.15) is 40.6 Å².